The Morgan fingerprint density at radius 2 is 2.00 bits per heavy atom. The fraction of sp³-hybridized carbons (Fsp3) is 0.389. The van der Waals surface area contributed by atoms with Crippen LogP contribution in [0.25, 0.3) is 6.08 Å². The maximum Gasteiger partial charge on any atom is 0.319 e. The first-order valence-corrected chi connectivity index (χ1v) is 8.42. The zero-order valence-corrected chi connectivity index (χ0v) is 13.7. The number of rotatable bonds is 5. The summed E-state index contributed by atoms with van der Waals surface area (Å²) in [6.07, 6.45) is 9.66. The highest BCUT2D eigenvalue weighted by Gasteiger charge is 2.18. The quantitative estimate of drug-likeness (QED) is 0.879. The summed E-state index contributed by atoms with van der Waals surface area (Å²) < 4.78 is 2.11. The van der Waals surface area contributed by atoms with E-state index in [4.69, 9.17) is 0 Å². The van der Waals surface area contributed by atoms with Gasteiger partial charge in [-0.15, -0.1) is 10.2 Å². The maximum atomic E-state index is 12.0. The summed E-state index contributed by atoms with van der Waals surface area (Å²) in [6.45, 7) is 4.08. The van der Waals surface area contributed by atoms with Gasteiger partial charge in [-0.3, -0.25) is 0 Å². The van der Waals surface area contributed by atoms with E-state index in [2.05, 4.69) is 32.0 Å². The standard InChI is InChI=1S/C18H23N5O/c1-2-14-8-10-15(11-9-14)21-18(24)19-12-17-22-20-13-23(17)16-6-4-3-5-7-16/h2,8-11,13,16H,1,3-7,12H2,(H2,19,21,24). The molecule has 2 amide bonds. The zero-order chi connectivity index (χ0) is 16.8. The van der Waals surface area contributed by atoms with Crippen LogP contribution in [0.5, 0.6) is 0 Å². The molecule has 6 nitrogen and oxygen atoms in total. The predicted octanol–water partition coefficient (Wildman–Crippen LogP) is 3.75. The molecule has 0 saturated heterocycles. The number of nitrogens with zero attached hydrogens (tertiary/aromatic N) is 3. The van der Waals surface area contributed by atoms with E-state index in [-0.39, 0.29) is 6.03 Å². The Bertz CT molecular complexity index is 686. The molecule has 0 radical (unpaired) electrons. The number of hydrogen-bond donors (Lipinski definition) is 2. The van der Waals surface area contributed by atoms with E-state index in [0.717, 1.165) is 29.9 Å². The van der Waals surface area contributed by atoms with Crippen molar-refractivity contribution >= 4 is 17.8 Å². The van der Waals surface area contributed by atoms with E-state index in [9.17, 15) is 4.79 Å². The molecule has 0 aliphatic heterocycles. The Kier molecular flexibility index (Phi) is 5.25. The summed E-state index contributed by atoms with van der Waals surface area (Å²) in [4.78, 5) is 12.0. The van der Waals surface area contributed by atoms with Gasteiger partial charge < -0.3 is 15.2 Å². The van der Waals surface area contributed by atoms with Gasteiger partial charge in [-0.1, -0.05) is 44.1 Å². The lowest BCUT2D eigenvalue weighted by Gasteiger charge is -2.24. The van der Waals surface area contributed by atoms with Crippen molar-refractivity contribution in [1.29, 1.82) is 0 Å². The second kappa shape index (κ2) is 7.77. The second-order valence-corrected chi connectivity index (χ2v) is 6.08. The molecule has 1 heterocycles. The number of anilines is 1. The van der Waals surface area contributed by atoms with Crippen molar-refractivity contribution < 1.29 is 4.79 Å². The van der Waals surface area contributed by atoms with Gasteiger partial charge in [-0.25, -0.2) is 4.79 Å². The summed E-state index contributed by atoms with van der Waals surface area (Å²) in [5, 5.41) is 13.8. The van der Waals surface area contributed by atoms with Crippen molar-refractivity contribution in [2.45, 2.75) is 44.7 Å². The average molecular weight is 325 g/mol. The topological polar surface area (TPSA) is 71.8 Å². The number of nitrogens with one attached hydrogen (secondary N) is 2. The molecule has 2 N–H and O–H groups in total. The molecule has 0 unspecified atom stereocenters. The lowest BCUT2D eigenvalue weighted by Crippen LogP contribution is -2.30. The molecular weight excluding hydrogens is 302 g/mol. The van der Waals surface area contributed by atoms with E-state index in [0.29, 0.717) is 12.6 Å². The van der Waals surface area contributed by atoms with Crippen LogP contribution in [-0.2, 0) is 6.54 Å². The van der Waals surface area contributed by atoms with Crippen molar-refractivity contribution in [1.82, 2.24) is 20.1 Å². The van der Waals surface area contributed by atoms with Gasteiger partial charge in [0.2, 0.25) is 0 Å². The molecule has 1 aromatic carbocycles. The maximum absolute atomic E-state index is 12.0. The Morgan fingerprint density at radius 3 is 2.71 bits per heavy atom. The predicted molar refractivity (Wildman–Crippen MR) is 94.5 cm³/mol. The molecule has 1 aliphatic carbocycles. The number of aromatic nitrogens is 3. The molecule has 3 rings (SSSR count). The molecule has 0 atom stereocenters. The van der Waals surface area contributed by atoms with Gasteiger partial charge in [-0.2, -0.15) is 0 Å². The first kappa shape index (κ1) is 16.2. The van der Waals surface area contributed by atoms with E-state index < -0.39 is 0 Å². The highest BCUT2D eigenvalue weighted by molar-refractivity contribution is 5.89. The van der Waals surface area contributed by atoms with Crippen LogP contribution in [0.1, 0.15) is 49.5 Å². The Hall–Kier alpha value is -2.63. The molecule has 1 aromatic heterocycles. The lowest BCUT2D eigenvalue weighted by molar-refractivity contribution is 0.251. The molecule has 6 heteroatoms. The molecular formula is C18H23N5O. The minimum Gasteiger partial charge on any atom is -0.331 e. The molecule has 2 aromatic rings. The summed E-state index contributed by atoms with van der Waals surface area (Å²) in [7, 11) is 0. The molecule has 1 fully saturated rings. The Morgan fingerprint density at radius 1 is 1.25 bits per heavy atom. The largest absolute Gasteiger partial charge is 0.331 e. The van der Waals surface area contributed by atoms with Crippen molar-refractivity contribution in [3.63, 3.8) is 0 Å². The van der Waals surface area contributed by atoms with Crippen molar-refractivity contribution in [3.05, 3.63) is 48.6 Å². The van der Waals surface area contributed by atoms with Crippen molar-refractivity contribution in [2.24, 2.45) is 0 Å². The molecule has 126 valence electrons. The second-order valence-electron chi connectivity index (χ2n) is 6.08. The molecule has 1 saturated carbocycles. The smallest absolute Gasteiger partial charge is 0.319 e. The van der Waals surface area contributed by atoms with Gasteiger partial charge in [0.15, 0.2) is 5.82 Å². The third kappa shape index (κ3) is 4.01. The van der Waals surface area contributed by atoms with Gasteiger partial charge in [0.1, 0.15) is 6.33 Å². The Balaban J connectivity index is 1.54. The minimum atomic E-state index is -0.250. The van der Waals surface area contributed by atoms with Gasteiger partial charge in [0.05, 0.1) is 6.54 Å². The first-order chi connectivity index (χ1) is 11.8. The SMILES string of the molecule is C=Cc1ccc(NC(=O)NCc2nncn2C2CCCCC2)cc1. The average Bonchev–Trinajstić information content (AvgIpc) is 3.10. The fourth-order valence-electron chi connectivity index (χ4n) is 3.09. The number of amides is 2. The van der Waals surface area contributed by atoms with Crippen molar-refractivity contribution in [2.75, 3.05) is 5.32 Å². The van der Waals surface area contributed by atoms with Gasteiger partial charge >= 0.3 is 6.03 Å². The number of urea groups is 1. The Labute approximate surface area is 142 Å². The molecule has 0 bridgehead atoms. The first-order valence-electron chi connectivity index (χ1n) is 8.42. The normalized spacial score (nSPS) is 15.0. The van der Waals surface area contributed by atoms with Gasteiger partial charge in [0.25, 0.3) is 0 Å². The van der Waals surface area contributed by atoms with Crippen LogP contribution < -0.4 is 10.6 Å². The van der Waals surface area contributed by atoms with Crippen LogP contribution in [0.3, 0.4) is 0 Å². The van der Waals surface area contributed by atoms with Crippen LogP contribution in [-0.4, -0.2) is 20.8 Å². The van der Waals surface area contributed by atoms with E-state index in [1.165, 1.54) is 19.3 Å². The lowest BCUT2D eigenvalue weighted by atomic mass is 9.95. The number of benzene rings is 1. The summed E-state index contributed by atoms with van der Waals surface area (Å²) in [5.74, 6) is 0.805. The van der Waals surface area contributed by atoms with Crippen LogP contribution >= 0.6 is 0 Å². The number of hydrogen-bond acceptors (Lipinski definition) is 3. The molecule has 1 aliphatic rings. The third-order valence-corrected chi connectivity index (χ3v) is 4.43. The fourth-order valence-corrected chi connectivity index (χ4v) is 3.09. The van der Waals surface area contributed by atoms with E-state index >= 15 is 0 Å². The van der Waals surface area contributed by atoms with E-state index in [1.54, 1.807) is 12.4 Å². The summed E-state index contributed by atoms with van der Waals surface area (Å²) in [6, 6.07) is 7.71. The highest BCUT2D eigenvalue weighted by atomic mass is 16.2. The van der Waals surface area contributed by atoms with Crippen LogP contribution in [0.4, 0.5) is 10.5 Å². The minimum absolute atomic E-state index is 0.250. The molecule has 24 heavy (non-hydrogen) atoms. The van der Waals surface area contributed by atoms with Crippen molar-refractivity contribution in [3.8, 4) is 0 Å². The molecule has 0 spiro atoms. The number of carbonyl (C=O) groups is 1. The van der Waals surface area contributed by atoms with Gasteiger partial charge in [0, 0.05) is 11.7 Å². The third-order valence-electron chi connectivity index (χ3n) is 4.43. The number of carbonyl (C=O) groups excluding carboxylic acids is 1. The van der Waals surface area contributed by atoms with Crippen LogP contribution in [0, 0.1) is 0 Å². The van der Waals surface area contributed by atoms with E-state index in [1.807, 2.05) is 24.3 Å². The van der Waals surface area contributed by atoms with Crippen LogP contribution in [0.2, 0.25) is 0 Å². The monoisotopic (exact) mass is 325 g/mol. The summed E-state index contributed by atoms with van der Waals surface area (Å²) in [5.41, 5.74) is 1.76. The summed E-state index contributed by atoms with van der Waals surface area (Å²) >= 11 is 0. The van der Waals surface area contributed by atoms with Crippen LogP contribution in [0.15, 0.2) is 37.2 Å². The highest BCUT2D eigenvalue weighted by Crippen LogP contribution is 2.28. The zero-order valence-electron chi connectivity index (χ0n) is 13.7. The van der Waals surface area contributed by atoms with Gasteiger partial charge in [-0.05, 0) is 30.5 Å².